The largest absolute Gasteiger partial charge is 0.294 e. The summed E-state index contributed by atoms with van der Waals surface area (Å²) in [5.74, 6) is 0.0768. The van der Waals surface area contributed by atoms with Crippen molar-refractivity contribution in [3.05, 3.63) is 58.1 Å². The van der Waals surface area contributed by atoms with Crippen LogP contribution in [0.1, 0.15) is 43.6 Å². The van der Waals surface area contributed by atoms with Crippen molar-refractivity contribution in [2.45, 2.75) is 42.9 Å². The zero-order valence-electron chi connectivity index (χ0n) is 12.7. The molecule has 0 aliphatic heterocycles. The van der Waals surface area contributed by atoms with E-state index in [0.29, 0.717) is 0 Å². The van der Waals surface area contributed by atoms with Crippen molar-refractivity contribution in [1.82, 2.24) is 0 Å². The van der Waals surface area contributed by atoms with Gasteiger partial charge in [0.1, 0.15) is 0 Å². The summed E-state index contributed by atoms with van der Waals surface area (Å²) < 4.78 is 0.853. The van der Waals surface area contributed by atoms with Crippen LogP contribution in [0.3, 0.4) is 0 Å². The molecular formula is C18H19BrOS. The second kappa shape index (κ2) is 6.37. The molecule has 0 atom stereocenters. The minimum atomic E-state index is 0.0768. The van der Waals surface area contributed by atoms with E-state index in [-0.39, 0.29) is 11.2 Å². The molecule has 0 aliphatic carbocycles. The number of halogens is 1. The molecule has 0 amide bonds. The summed E-state index contributed by atoms with van der Waals surface area (Å²) in [6.07, 6.45) is 0. The van der Waals surface area contributed by atoms with Crippen molar-refractivity contribution < 1.29 is 4.79 Å². The van der Waals surface area contributed by atoms with E-state index >= 15 is 0 Å². The molecule has 0 heterocycles. The van der Waals surface area contributed by atoms with Gasteiger partial charge in [0, 0.05) is 19.8 Å². The number of hydrogen-bond acceptors (Lipinski definition) is 2. The summed E-state index contributed by atoms with van der Waals surface area (Å²) in [4.78, 5) is 13.8. The fraction of sp³-hybridized carbons (Fsp3) is 0.278. The van der Waals surface area contributed by atoms with Crippen molar-refractivity contribution >= 4 is 33.5 Å². The second-order valence-corrected chi connectivity index (χ2v) is 8.08. The van der Waals surface area contributed by atoms with Gasteiger partial charge in [0.05, 0.1) is 0 Å². The summed E-state index contributed by atoms with van der Waals surface area (Å²) in [5.41, 5.74) is 2.23. The van der Waals surface area contributed by atoms with Crippen LogP contribution in [0.2, 0.25) is 0 Å². The molecule has 0 saturated heterocycles. The Kier molecular flexibility index (Phi) is 4.95. The molecule has 0 aromatic heterocycles. The summed E-state index contributed by atoms with van der Waals surface area (Å²) >= 11 is 5.16. The Balaban J connectivity index is 2.19. The van der Waals surface area contributed by atoms with Crippen molar-refractivity contribution in [2.24, 2.45) is 0 Å². The zero-order valence-corrected chi connectivity index (χ0v) is 15.1. The smallest absolute Gasteiger partial charge is 0.160 e. The Hall–Kier alpha value is -1.06. The van der Waals surface area contributed by atoms with Gasteiger partial charge in [0.2, 0.25) is 0 Å². The Morgan fingerprint density at radius 1 is 1.00 bits per heavy atom. The predicted molar refractivity (Wildman–Crippen MR) is 93.4 cm³/mol. The standard InChI is InChI=1S/C18H19BrOS/c1-12(20)16-10-9-15(11-17(16)19)21-14-7-5-13(6-8-14)18(2,3)4/h5-11H,1-4H3. The lowest BCUT2D eigenvalue weighted by Gasteiger charge is -2.19. The van der Waals surface area contributed by atoms with Crippen LogP contribution in [0.5, 0.6) is 0 Å². The average molecular weight is 363 g/mol. The van der Waals surface area contributed by atoms with Crippen LogP contribution < -0.4 is 0 Å². The van der Waals surface area contributed by atoms with Crippen molar-refractivity contribution in [3.63, 3.8) is 0 Å². The van der Waals surface area contributed by atoms with Gasteiger partial charge < -0.3 is 0 Å². The first-order valence-electron chi connectivity index (χ1n) is 6.86. The van der Waals surface area contributed by atoms with E-state index in [1.165, 1.54) is 10.5 Å². The van der Waals surface area contributed by atoms with Gasteiger partial charge in [-0.05, 0) is 48.2 Å². The Labute approximate surface area is 139 Å². The first kappa shape index (κ1) is 16.3. The highest BCUT2D eigenvalue weighted by atomic mass is 79.9. The maximum atomic E-state index is 11.4. The van der Waals surface area contributed by atoms with Crippen LogP contribution in [0.15, 0.2) is 56.7 Å². The van der Waals surface area contributed by atoms with Gasteiger partial charge in [-0.3, -0.25) is 4.79 Å². The summed E-state index contributed by atoms with van der Waals surface area (Å²) in [7, 11) is 0. The normalized spacial score (nSPS) is 11.5. The lowest BCUT2D eigenvalue weighted by molar-refractivity contribution is 0.101. The molecule has 0 N–H and O–H groups in total. The van der Waals surface area contributed by atoms with Gasteiger partial charge in [0.15, 0.2) is 5.78 Å². The molecule has 2 rings (SSSR count). The lowest BCUT2D eigenvalue weighted by atomic mass is 9.87. The number of carbonyl (C=O) groups is 1. The maximum Gasteiger partial charge on any atom is 0.160 e. The van der Waals surface area contributed by atoms with Crippen LogP contribution >= 0.6 is 27.7 Å². The van der Waals surface area contributed by atoms with Gasteiger partial charge in [-0.25, -0.2) is 0 Å². The molecule has 0 radical (unpaired) electrons. The molecule has 0 spiro atoms. The second-order valence-electron chi connectivity index (χ2n) is 6.07. The van der Waals surface area contributed by atoms with Gasteiger partial charge in [-0.1, -0.05) is 60.6 Å². The van der Waals surface area contributed by atoms with Crippen LogP contribution in [0, 0.1) is 0 Å². The quantitative estimate of drug-likeness (QED) is 0.613. The Morgan fingerprint density at radius 2 is 1.57 bits per heavy atom. The first-order valence-corrected chi connectivity index (χ1v) is 8.47. The predicted octanol–water partition coefficient (Wildman–Crippen LogP) is 6.10. The van der Waals surface area contributed by atoms with Crippen molar-refractivity contribution in [3.8, 4) is 0 Å². The molecule has 0 aliphatic rings. The number of carbonyl (C=O) groups excluding carboxylic acids is 1. The molecule has 0 saturated carbocycles. The molecule has 1 nitrogen and oxygen atoms in total. The third-order valence-corrected chi connectivity index (χ3v) is 4.93. The molecule has 110 valence electrons. The molecule has 21 heavy (non-hydrogen) atoms. The first-order chi connectivity index (χ1) is 9.77. The van der Waals surface area contributed by atoms with Crippen LogP contribution in [0.25, 0.3) is 0 Å². The van der Waals surface area contributed by atoms with E-state index < -0.39 is 0 Å². The van der Waals surface area contributed by atoms with Gasteiger partial charge >= 0.3 is 0 Å². The van der Waals surface area contributed by atoms with E-state index in [9.17, 15) is 4.79 Å². The fourth-order valence-electron chi connectivity index (χ4n) is 2.00. The zero-order chi connectivity index (χ0) is 15.6. The maximum absolute atomic E-state index is 11.4. The third kappa shape index (κ3) is 4.21. The van der Waals surface area contributed by atoms with E-state index in [1.54, 1.807) is 18.7 Å². The molecular weight excluding hydrogens is 344 g/mol. The van der Waals surface area contributed by atoms with Crippen molar-refractivity contribution in [2.75, 3.05) is 0 Å². The number of hydrogen-bond donors (Lipinski definition) is 0. The number of rotatable bonds is 3. The summed E-state index contributed by atoms with van der Waals surface area (Å²) in [6, 6.07) is 14.5. The van der Waals surface area contributed by atoms with E-state index in [0.717, 1.165) is 14.9 Å². The molecule has 0 fully saturated rings. The highest BCUT2D eigenvalue weighted by Crippen LogP contribution is 2.32. The molecule has 2 aromatic rings. The average Bonchev–Trinajstić information content (AvgIpc) is 2.38. The third-order valence-electron chi connectivity index (χ3n) is 3.28. The fourth-order valence-corrected chi connectivity index (χ4v) is 3.67. The minimum absolute atomic E-state index is 0.0768. The van der Waals surface area contributed by atoms with Crippen LogP contribution in [0.4, 0.5) is 0 Å². The monoisotopic (exact) mass is 362 g/mol. The Morgan fingerprint density at radius 3 is 2.05 bits per heavy atom. The molecule has 0 unspecified atom stereocenters. The lowest BCUT2D eigenvalue weighted by Crippen LogP contribution is -2.10. The van der Waals surface area contributed by atoms with E-state index in [1.807, 2.05) is 18.2 Å². The topological polar surface area (TPSA) is 17.1 Å². The van der Waals surface area contributed by atoms with Gasteiger partial charge in [0.25, 0.3) is 0 Å². The number of ketones is 1. The molecule has 3 heteroatoms. The van der Waals surface area contributed by atoms with E-state index in [2.05, 4.69) is 61.0 Å². The molecule has 2 aromatic carbocycles. The van der Waals surface area contributed by atoms with Crippen molar-refractivity contribution in [1.29, 1.82) is 0 Å². The van der Waals surface area contributed by atoms with Crippen LogP contribution in [-0.4, -0.2) is 5.78 Å². The number of benzene rings is 2. The highest BCUT2D eigenvalue weighted by molar-refractivity contribution is 9.10. The SMILES string of the molecule is CC(=O)c1ccc(Sc2ccc(C(C)(C)C)cc2)cc1Br. The summed E-state index contributed by atoms with van der Waals surface area (Å²) in [5, 5.41) is 0. The van der Waals surface area contributed by atoms with Gasteiger partial charge in [-0.2, -0.15) is 0 Å². The minimum Gasteiger partial charge on any atom is -0.294 e. The molecule has 0 bridgehead atoms. The van der Waals surface area contributed by atoms with Crippen LogP contribution in [-0.2, 0) is 5.41 Å². The van der Waals surface area contributed by atoms with E-state index in [4.69, 9.17) is 0 Å². The Bertz CT molecular complexity index is 654. The highest BCUT2D eigenvalue weighted by Gasteiger charge is 2.13. The number of Topliss-reactive ketones (excluding diaryl/α,β-unsaturated/α-hetero) is 1. The summed E-state index contributed by atoms with van der Waals surface area (Å²) in [6.45, 7) is 8.23. The van der Waals surface area contributed by atoms with Gasteiger partial charge in [-0.15, -0.1) is 0 Å².